The summed E-state index contributed by atoms with van der Waals surface area (Å²) in [5.74, 6) is 1.59. The Hall–Kier alpha value is -1.73. The fraction of sp³-hybridized carbons (Fsp3) is 0.562. The van der Waals surface area contributed by atoms with Crippen LogP contribution in [0.2, 0.25) is 0 Å². The third kappa shape index (κ3) is 4.43. The molecule has 2 rings (SSSR count). The second kappa shape index (κ2) is 7.76. The van der Waals surface area contributed by atoms with Crippen LogP contribution in [-0.4, -0.2) is 37.2 Å². The quantitative estimate of drug-likeness (QED) is 0.694. The first-order chi connectivity index (χ1) is 9.85. The summed E-state index contributed by atoms with van der Waals surface area (Å²) in [6, 6.07) is 10.6. The van der Waals surface area contributed by atoms with Gasteiger partial charge in [0.2, 0.25) is 0 Å². The molecule has 0 aliphatic heterocycles. The predicted molar refractivity (Wildman–Crippen MR) is 77.9 cm³/mol. The standard InChI is InChI=1S/C16H22N2O2/c1-2-19-15-6-3-4-7-16(15)20-13-12-18(11-5-10-17)14-8-9-14/h3-4,6-7,14H,2,5,8-9,11-13H2,1H3. The van der Waals surface area contributed by atoms with E-state index in [1.807, 2.05) is 31.2 Å². The maximum Gasteiger partial charge on any atom is 0.161 e. The highest BCUT2D eigenvalue weighted by Crippen LogP contribution is 2.28. The van der Waals surface area contributed by atoms with Crippen LogP contribution in [0.1, 0.15) is 26.2 Å². The van der Waals surface area contributed by atoms with E-state index in [1.165, 1.54) is 12.8 Å². The first-order valence-electron chi connectivity index (χ1n) is 7.30. The van der Waals surface area contributed by atoms with E-state index in [4.69, 9.17) is 14.7 Å². The third-order valence-electron chi connectivity index (χ3n) is 3.36. The lowest BCUT2D eigenvalue weighted by Gasteiger charge is -2.21. The molecule has 1 aliphatic carbocycles. The molecule has 0 heterocycles. The maximum atomic E-state index is 8.69. The van der Waals surface area contributed by atoms with Crippen molar-refractivity contribution in [2.45, 2.75) is 32.2 Å². The van der Waals surface area contributed by atoms with Crippen LogP contribution in [0.5, 0.6) is 11.5 Å². The molecular formula is C16H22N2O2. The first-order valence-corrected chi connectivity index (χ1v) is 7.30. The molecule has 0 bridgehead atoms. The van der Waals surface area contributed by atoms with Gasteiger partial charge in [-0.1, -0.05) is 12.1 Å². The summed E-state index contributed by atoms with van der Waals surface area (Å²) < 4.78 is 11.4. The Labute approximate surface area is 120 Å². The smallest absolute Gasteiger partial charge is 0.161 e. The zero-order valence-electron chi connectivity index (χ0n) is 12.0. The Morgan fingerprint density at radius 3 is 2.50 bits per heavy atom. The molecule has 0 spiro atoms. The molecule has 1 aromatic carbocycles. The summed E-state index contributed by atoms with van der Waals surface area (Å²) in [6.07, 6.45) is 3.09. The first kappa shape index (κ1) is 14.7. The molecule has 20 heavy (non-hydrogen) atoms. The largest absolute Gasteiger partial charge is 0.490 e. The van der Waals surface area contributed by atoms with Crippen LogP contribution >= 0.6 is 0 Å². The molecule has 0 N–H and O–H groups in total. The molecule has 1 saturated carbocycles. The SMILES string of the molecule is CCOc1ccccc1OCCN(CCC#N)C1CC1. The average Bonchev–Trinajstić information content (AvgIpc) is 3.29. The summed E-state index contributed by atoms with van der Waals surface area (Å²) in [5.41, 5.74) is 0. The van der Waals surface area contributed by atoms with Crippen molar-refractivity contribution in [1.29, 1.82) is 5.26 Å². The minimum absolute atomic E-state index is 0.589. The Bertz CT molecular complexity index is 452. The highest BCUT2D eigenvalue weighted by atomic mass is 16.5. The van der Waals surface area contributed by atoms with Gasteiger partial charge in [-0.3, -0.25) is 4.90 Å². The summed E-state index contributed by atoms with van der Waals surface area (Å²) in [7, 11) is 0. The van der Waals surface area contributed by atoms with Crippen LogP contribution in [-0.2, 0) is 0 Å². The van der Waals surface area contributed by atoms with E-state index in [0.29, 0.717) is 25.7 Å². The van der Waals surface area contributed by atoms with E-state index < -0.39 is 0 Å². The average molecular weight is 274 g/mol. The van der Waals surface area contributed by atoms with Crippen LogP contribution < -0.4 is 9.47 Å². The van der Waals surface area contributed by atoms with Crippen molar-refractivity contribution in [2.24, 2.45) is 0 Å². The summed E-state index contributed by atoms with van der Waals surface area (Å²) in [6.45, 7) is 4.95. The van der Waals surface area contributed by atoms with Crippen molar-refractivity contribution in [3.63, 3.8) is 0 Å². The third-order valence-corrected chi connectivity index (χ3v) is 3.36. The van der Waals surface area contributed by atoms with E-state index in [1.54, 1.807) is 0 Å². The van der Waals surface area contributed by atoms with Gasteiger partial charge in [-0.05, 0) is 31.9 Å². The van der Waals surface area contributed by atoms with E-state index in [9.17, 15) is 0 Å². The van der Waals surface area contributed by atoms with Crippen LogP contribution in [0.4, 0.5) is 0 Å². The van der Waals surface area contributed by atoms with Crippen molar-refractivity contribution in [1.82, 2.24) is 4.90 Å². The lowest BCUT2D eigenvalue weighted by Crippen LogP contribution is -2.31. The van der Waals surface area contributed by atoms with Gasteiger partial charge < -0.3 is 9.47 Å². The molecule has 108 valence electrons. The summed E-state index contributed by atoms with van der Waals surface area (Å²) in [4.78, 5) is 2.35. The van der Waals surface area contributed by atoms with Gasteiger partial charge in [-0.2, -0.15) is 5.26 Å². The summed E-state index contributed by atoms with van der Waals surface area (Å²) in [5, 5.41) is 8.69. The lowest BCUT2D eigenvalue weighted by molar-refractivity contribution is 0.198. The van der Waals surface area contributed by atoms with Crippen molar-refractivity contribution in [2.75, 3.05) is 26.3 Å². The van der Waals surface area contributed by atoms with E-state index in [0.717, 1.165) is 24.6 Å². The van der Waals surface area contributed by atoms with Crippen LogP contribution in [0.3, 0.4) is 0 Å². The number of nitriles is 1. The van der Waals surface area contributed by atoms with Gasteiger partial charge in [0.15, 0.2) is 11.5 Å². The number of ether oxygens (including phenoxy) is 2. The molecular weight excluding hydrogens is 252 g/mol. The molecule has 0 saturated heterocycles. The predicted octanol–water partition coefficient (Wildman–Crippen LogP) is 2.84. The van der Waals surface area contributed by atoms with E-state index >= 15 is 0 Å². The molecule has 4 nitrogen and oxygen atoms in total. The van der Waals surface area contributed by atoms with Gasteiger partial charge in [0, 0.05) is 25.6 Å². The Kier molecular flexibility index (Phi) is 5.69. The number of benzene rings is 1. The van der Waals surface area contributed by atoms with Crippen molar-refractivity contribution in [3.8, 4) is 17.6 Å². The zero-order chi connectivity index (χ0) is 14.2. The summed E-state index contributed by atoms with van der Waals surface area (Å²) >= 11 is 0. The molecule has 0 amide bonds. The normalized spacial score (nSPS) is 14.1. The van der Waals surface area contributed by atoms with Crippen molar-refractivity contribution < 1.29 is 9.47 Å². The Morgan fingerprint density at radius 2 is 1.90 bits per heavy atom. The highest BCUT2D eigenvalue weighted by molar-refractivity contribution is 5.39. The molecule has 1 aromatic rings. The maximum absolute atomic E-state index is 8.69. The van der Waals surface area contributed by atoms with Crippen LogP contribution in [0.15, 0.2) is 24.3 Å². The molecule has 1 aliphatic rings. The minimum Gasteiger partial charge on any atom is -0.490 e. The highest BCUT2D eigenvalue weighted by Gasteiger charge is 2.28. The lowest BCUT2D eigenvalue weighted by atomic mass is 10.3. The van der Waals surface area contributed by atoms with Gasteiger partial charge in [0.05, 0.1) is 12.7 Å². The monoisotopic (exact) mass is 274 g/mol. The number of hydrogen-bond donors (Lipinski definition) is 0. The van der Waals surface area contributed by atoms with Crippen molar-refractivity contribution >= 4 is 0 Å². The fourth-order valence-electron chi connectivity index (χ4n) is 2.23. The van der Waals surface area contributed by atoms with Gasteiger partial charge in [-0.25, -0.2) is 0 Å². The van der Waals surface area contributed by atoms with E-state index in [-0.39, 0.29) is 0 Å². The van der Waals surface area contributed by atoms with Gasteiger partial charge in [0.25, 0.3) is 0 Å². The topological polar surface area (TPSA) is 45.5 Å². The molecule has 4 heteroatoms. The minimum atomic E-state index is 0.589. The Morgan fingerprint density at radius 1 is 1.20 bits per heavy atom. The molecule has 0 aromatic heterocycles. The number of nitrogens with zero attached hydrogens (tertiary/aromatic N) is 2. The molecule has 1 fully saturated rings. The second-order valence-corrected chi connectivity index (χ2v) is 4.90. The molecule has 0 radical (unpaired) electrons. The number of rotatable bonds is 9. The number of para-hydroxylation sites is 2. The van der Waals surface area contributed by atoms with E-state index in [2.05, 4.69) is 11.0 Å². The van der Waals surface area contributed by atoms with Crippen LogP contribution in [0.25, 0.3) is 0 Å². The fourth-order valence-corrected chi connectivity index (χ4v) is 2.23. The molecule has 0 unspecified atom stereocenters. The van der Waals surface area contributed by atoms with Crippen LogP contribution in [0, 0.1) is 11.3 Å². The van der Waals surface area contributed by atoms with Crippen molar-refractivity contribution in [3.05, 3.63) is 24.3 Å². The Balaban J connectivity index is 1.80. The molecule has 0 atom stereocenters. The number of hydrogen-bond acceptors (Lipinski definition) is 4. The van der Waals surface area contributed by atoms with Gasteiger partial charge in [-0.15, -0.1) is 0 Å². The zero-order valence-corrected chi connectivity index (χ0v) is 12.0. The van der Waals surface area contributed by atoms with Gasteiger partial charge >= 0.3 is 0 Å². The second-order valence-electron chi connectivity index (χ2n) is 4.90. The van der Waals surface area contributed by atoms with Gasteiger partial charge in [0.1, 0.15) is 6.61 Å².